The summed E-state index contributed by atoms with van der Waals surface area (Å²) in [4.78, 5) is 34.9. The van der Waals surface area contributed by atoms with Gasteiger partial charge in [-0.15, -0.1) is 0 Å². The molecule has 0 heterocycles. The summed E-state index contributed by atoms with van der Waals surface area (Å²) in [5.74, 6) is -1.79. The third-order valence-corrected chi connectivity index (χ3v) is 5.13. The van der Waals surface area contributed by atoms with E-state index >= 15 is 0 Å². The number of ether oxygens (including phenoxy) is 1. The number of nitrogens with zero attached hydrogens (tertiary/aromatic N) is 1. The molecule has 2 atom stereocenters. The highest BCUT2D eigenvalue weighted by Crippen LogP contribution is 2.51. The number of nitrogens with one attached hydrogen (secondary N) is 1. The van der Waals surface area contributed by atoms with Crippen molar-refractivity contribution in [2.45, 2.75) is 45.8 Å². The van der Waals surface area contributed by atoms with E-state index in [1.54, 1.807) is 20.8 Å². The maximum absolute atomic E-state index is 12.7. The summed E-state index contributed by atoms with van der Waals surface area (Å²) >= 11 is 0. The van der Waals surface area contributed by atoms with E-state index in [-0.39, 0.29) is 23.8 Å². The van der Waals surface area contributed by atoms with Crippen LogP contribution in [0.4, 0.5) is 5.69 Å². The molecule has 0 bridgehead atoms. The summed E-state index contributed by atoms with van der Waals surface area (Å²) in [7, 11) is 0. The monoisotopic (exact) mass is 350 g/mol. The van der Waals surface area contributed by atoms with Gasteiger partial charge in [0.15, 0.2) is 0 Å². The first-order valence-corrected chi connectivity index (χ1v) is 7.99. The standard InChI is InChI=1S/C17H22N2O6/c1-5-25-13-9-17(15(21)22,16(13,3)4)18-14(20)12-8-11(19(23)24)7-6-10(12)2/h6-8,13H,5,9H2,1-4H3,(H,18,20)(H,21,22). The van der Waals surface area contributed by atoms with Crippen LogP contribution in [0, 0.1) is 22.5 Å². The van der Waals surface area contributed by atoms with Crippen LogP contribution in [0.3, 0.4) is 0 Å². The van der Waals surface area contributed by atoms with E-state index in [0.717, 1.165) is 6.07 Å². The fraction of sp³-hybridized carbons (Fsp3) is 0.529. The van der Waals surface area contributed by atoms with Crippen molar-refractivity contribution in [2.24, 2.45) is 5.41 Å². The maximum atomic E-state index is 12.7. The Kier molecular flexibility index (Phi) is 4.85. The molecule has 0 aromatic heterocycles. The molecule has 2 rings (SSSR count). The minimum absolute atomic E-state index is 0.0884. The summed E-state index contributed by atoms with van der Waals surface area (Å²) in [5, 5.41) is 23.3. The van der Waals surface area contributed by atoms with Gasteiger partial charge in [-0.1, -0.05) is 19.9 Å². The number of benzene rings is 1. The number of carbonyl (C=O) groups excluding carboxylic acids is 1. The lowest BCUT2D eigenvalue weighted by Crippen LogP contribution is -2.76. The molecule has 1 aromatic rings. The number of rotatable bonds is 6. The van der Waals surface area contributed by atoms with Gasteiger partial charge >= 0.3 is 5.97 Å². The number of aliphatic carboxylic acids is 1. The number of nitro groups is 1. The number of hydrogen-bond acceptors (Lipinski definition) is 5. The maximum Gasteiger partial charge on any atom is 0.330 e. The van der Waals surface area contributed by atoms with Gasteiger partial charge in [0.05, 0.1) is 11.0 Å². The van der Waals surface area contributed by atoms with E-state index in [4.69, 9.17) is 4.74 Å². The minimum atomic E-state index is -1.49. The normalized spacial score (nSPS) is 24.2. The van der Waals surface area contributed by atoms with Crippen molar-refractivity contribution >= 4 is 17.6 Å². The Morgan fingerprint density at radius 2 is 2.08 bits per heavy atom. The third kappa shape index (κ3) is 2.97. The second kappa shape index (κ2) is 6.44. The molecule has 1 aliphatic rings. The summed E-state index contributed by atoms with van der Waals surface area (Å²) in [5.41, 5.74) is -1.91. The predicted molar refractivity (Wildman–Crippen MR) is 89.5 cm³/mol. The summed E-state index contributed by atoms with van der Waals surface area (Å²) < 4.78 is 5.56. The van der Waals surface area contributed by atoms with Crippen LogP contribution < -0.4 is 5.32 Å². The van der Waals surface area contributed by atoms with Crippen LogP contribution in [-0.2, 0) is 9.53 Å². The highest BCUT2D eigenvalue weighted by Gasteiger charge is 2.66. The molecule has 2 unspecified atom stereocenters. The molecule has 0 spiro atoms. The zero-order valence-electron chi connectivity index (χ0n) is 14.7. The molecule has 2 N–H and O–H groups in total. The second-order valence-corrected chi connectivity index (χ2v) is 6.79. The van der Waals surface area contributed by atoms with Gasteiger partial charge < -0.3 is 15.2 Å². The minimum Gasteiger partial charge on any atom is -0.479 e. The number of carboxylic acid groups (broad SMARTS) is 1. The number of amides is 1. The smallest absolute Gasteiger partial charge is 0.330 e. The van der Waals surface area contributed by atoms with Crippen molar-refractivity contribution in [3.63, 3.8) is 0 Å². The first-order valence-electron chi connectivity index (χ1n) is 7.99. The Labute approximate surface area is 145 Å². The number of carbonyl (C=O) groups is 2. The van der Waals surface area contributed by atoms with Gasteiger partial charge in [-0.25, -0.2) is 4.79 Å². The first-order chi connectivity index (χ1) is 11.6. The Morgan fingerprint density at radius 3 is 2.56 bits per heavy atom. The Balaban J connectivity index is 2.34. The van der Waals surface area contributed by atoms with Gasteiger partial charge in [-0.2, -0.15) is 0 Å². The number of aryl methyl sites for hydroxylation is 1. The molecule has 136 valence electrons. The third-order valence-electron chi connectivity index (χ3n) is 5.13. The summed E-state index contributed by atoms with van der Waals surface area (Å²) in [6.45, 7) is 7.36. The number of carboxylic acids is 1. The van der Waals surface area contributed by atoms with E-state index in [1.165, 1.54) is 12.1 Å². The fourth-order valence-electron chi connectivity index (χ4n) is 3.27. The van der Waals surface area contributed by atoms with Crippen molar-refractivity contribution in [3.8, 4) is 0 Å². The zero-order chi connectivity index (χ0) is 19.0. The van der Waals surface area contributed by atoms with Crippen molar-refractivity contribution in [1.82, 2.24) is 5.32 Å². The lowest BCUT2D eigenvalue weighted by molar-refractivity contribution is -0.384. The van der Waals surface area contributed by atoms with Gasteiger partial charge in [0.1, 0.15) is 5.54 Å². The molecular weight excluding hydrogens is 328 g/mol. The highest BCUT2D eigenvalue weighted by molar-refractivity contribution is 6.00. The van der Waals surface area contributed by atoms with Crippen LogP contribution in [0.1, 0.15) is 43.1 Å². The molecular formula is C17H22N2O6. The molecule has 1 fully saturated rings. The van der Waals surface area contributed by atoms with Crippen molar-refractivity contribution in [3.05, 3.63) is 39.4 Å². The molecule has 0 saturated heterocycles. The molecule has 25 heavy (non-hydrogen) atoms. The van der Waals surface area contributed by atoms with E-state index in [9.17, 15) is 24.8 Å². The zero-order valence-corrected chi connectivity index (χ0v) is 14.7. The number of non-ortho nitro benzene ring substituents is 1. The van der Waals surface area contributed by atoms with Crippen LogP contribution in [0.2, 0.25) is 0 Å². The van der Waals surface area contributed by atoms with Crippen LogP contribution in [0.15, 0.2) is 18.2 Å². The van der Waals surface area contributed by atoms with Crippen LogP contribution in [0.5, 0.6) is 0 Å². The van der Waals surface area contributed by atoms with Gasteiger partial charge in [0.25, 0.3) is 11.6 Å². The highest BCUT2D eigenvalue weighted by atomic mass is 16.6. The van der Waals surface area contributed by atoms with E-state index in [1.807, 2.05) is 6.92 Å². The average Bonchev–Trinajstić information content (AvgIpc) is 2.53. The Hall–Kier alpha value is -2.48. The summed E-state index contributed by atoms with van der Waals surface area (Å²) in [6.07, 6.45) is -0.150. The second-order valence-electron chi connectivity index (χ2n) is 6.79. The SMILES string of the molecule is CCOC1CC(NC(=O)c2cc([N+](=O)[O-])ccc2C)(C(=O)O)C1(C)C. The van der Waals surface area contributed by atoms with E-state index in [2.05, 4.69) is 5.32 Å². The molecule has 1 amide bonds. The number of hydrogen-bond donors (Lipinski definition) is 2. The van der Waals surface area contributed by atoms with Crippen molar-refractivity contribution < 1.29 is 24.4 Å². The Bertz CT molecular complexity index is 730. The van der Waals surface area contributed by atoms with Crippen LogP contribution in [0.25, 0.3) is 0 Å². The summed E-state index contributed by atoms with van der Waals surface area (Å²) in [6, 6.07) is 3.93. The topological polar surface area (TPSA) is 119 Å². The number of nitro benzene ring substituents is 1. The van der Waals surface area contributed by atoms with Gasteiger partial charge in [0.2, 0.25) is 0 Å². The van der Waals surface area contributed by atoms with Gasteiger partial charge in [-0.05, 0) is 19.4 Å². The lowest BCUT2D eigenvalue weighted by atomic mass is 9.54. The van der Waals surface area contributed by atoms with Crippen LogP contribution >= 0.6 is 0 Å². The quantitative estimate of drug-likeness (QED) is 0.600. The molecule has 0 radical (unpaired) electrons. The molecule has 0 aliphatic heterocycles. The molecule has 8 heteroatoms. The van der Waals surface area contributed by atoms with Crippen molar-refractivity contribution in [1.29, 1.82) is 0 Å². The first kappa shape index (κ1) is 18.9. The predicted octanol–water partition coefficient (Wildman–Crippen LogP) is 2.29. The molecule has 1 saturated carbocycles. The van der Waals surface area contributed by atoms with E-state index < -0.39 is 27.8 Å². The van der Waals surface area contributed by atoms with Crippen molar-refractivity contribution in [2.75, 3.05) is 6.61 Å². The van der Waals surface area contributed by atoms with E-state index in [0.29, 0.717) is 12.2 Å². The van der Waals surface area contributed by atoms with Crippen LogP contribution in [-0.4, -0.2) is 40.2 Å². The molecule has 1 aliphatic carbocycles. The van der Waals surface area contributed by atoms with Gasteiger partial charge in [-0.3, -0.25) is 14.9 Å². The average molecular weight is 350 g/mol. The lowest BCUT2D eigenvalue weighted by Gasteiger charge is -2.58. The fourth-order valence-corrected chi connectivity index (χ4v) is 3.27. The Morgan fingerprint density at radius 1 is 1.44 bits per heavy atom. The molecule has 8 nitrogen and oxygen atoms in total. The molecule has 1 aromatic carbocycles. The largest absolute Gasteiger partial charge is 0.479 e. The van der Waals surface area contributed by atoms with Gasteiger partial charge in [0, 0.05) is 36.1 Å².